The van der Waals surface area contributed by atoms with Crippen LogP contribution >= 0.6 is 15.9 Å². The lowest BCUT2D eigenvalue weighted by Gasteiger charge is -2.45. The first-order valence-electron chi connectivity index (χ1n) is 8.06. The number of rotatable bonds is 3. The van der Waals surface area contributed by atoms with Crippen molar-refractivity contribution in [3.05, 3.63) is 33.8 Å². The zero-order valence-electron chi connectivity index (χ0n) is 13.6. The number of aliphatic imine (C=N–C) groups is 1. The number of hydrogen-bond acceptors (Lipinski definition) is 3. The van der Waals surface area contributed by atoms with Gasteiger partial charge in [-0.3, -0.25) is 4.99 Å². The molecule has 1 unspecified atom stereocenters. The maximum Gasteiger partial charge on any atom is 0.152 e. The van der Waals surface area contributed by atoms with E-state index in [-0.39, 0.29) is 11.5 Å². The maximum atomic E-state index is 12.4. The van der Waals surface area contributed by atoms with Crippen molar-refractivity contribution in [3.8, 4) is 0 Å². The van der Waals surface area contributed by atoms with E-state index in [2.05, 4.69) is 22.0 Å². The van der Waals surface area contributed by atoms with E-state index in [0.717, 1.165) is 48.4 Å². The summed E-state index contributed by atoms with van der Waals surface area (Å²) in [4.78, 5) is 17.1. The minimum Gasteiger partial charge on any atom is -0.388 e. The van der Waals surface area contributed by atoms with Gasteiger partial charge in [0.15, 0.2) is 6.29 Å². The van der Waals surface area contributed by atoms with Crippen molar-refractivity contribution in [3.63, 3.8) is 0 Å². The number of aldehydes is 1. The number of carbonyl (C=O) groups is 1. The molecule has 2 N–H and O–H groups in total. The van der Waals surface area contributed by atoms with Gasteiger partial charge in [0.2, 0.25) is 0 Å². The van der Waals surface area contributed by atoms with Crippen molar-refractivity contribution < 1.29 is 9.53 Å². The molecule has 1 aromatic carbocycles. The Balaban J connectivity index is 2.14. The number of fused-ring (bicyclic) bond motifs is 1. The monoisotopic (exact) mass is 378 g/mol. The van der Waals surface area contributed by atoms with Crippen LogP contribution in [0.25, 0.3) is 0 Å². The van der Waals surface area contributed by atoms with E-state index in [1.54, 1.807) is 14.0 Å². The van der Waals surface area contributed by atoms with Gasteiger partial charge in [0, 0.05) is 17.0 Å². The van der Waals surface area contributed by atoms with Crippen LogP contribution in [0, 0.1) is 5.41 Å². The standard InChI is InChI=1S/C18H23BrN2O2/c1-12(20)21-18(11-22)16-9-14(19)4-3-13(16)10-17(18)7-5-15(23-2)6-8-17/h3-4,9,11,15H,5-8,10H2,1-2H3,(H2,20,21). The first kappa shape index (κ1) is 16.7. The van der Waals surface area contributed by atoms with Crippen LogP contribution in [0.5, 0.6) is 0 Å². The van der Waals surface area contributed by atoms with Crippen LogP contribution in [0.1, 0.15) is 43.7 Å². The van der Waals surface area contributed by atoms with Crippen LogP contribution in [0.4, 0.5) is 0 Å². The van der Waals surface area contributed by atoms with Gasteiger partial charge < -0.3 is 15.3 Å². The average molecular weight is 379 g/mol. The molecule has 1 atom stereocenters. The zero-order valence-corrected chi connectivity index (χ0v) is 15.2. The molecule has 5 heteroatoms. The summed E-state index contributed by atoms with van der Waals surface area (Å²) in [6.45, 7) is 1.76. The molecule has 1 aromatic rings. The van der Waals surface area contributed by atoms with E-state index in [0.29, 0.717) is 5.84 Å². The molecule has 3 rings (SSSR count). The predicted octanol–water partition coefficient (Wildman–Crippen LogP) is 3.35. The van der Waals surface area contributed by atoms with Gasteiger partial charge >= 0.3 is 0 Å². The summed E-state index contributed by atoms with van der Waals surface area (Å²) in [7, 11) is 1.76. The Morgan fingerprint density at radius 2 is 2.13 bits per heavy atom. The molecule has 0 aliphatic heterocycles. The fourth-order valence-electron chi connectivity index (χ4n) is 4.45. The number of nitrogens with zero attached hydrogens (tertiary/aromatic N) is 1. The second-order valence-corrected chi connectivity index (χ2v) is 7.75. The Labute approximate surface area is 145 Å². The summed E-state index contributed by atoms with van der Waals surface area (Å²) in [6.07, 6.45) is 5.95. The van der Waals surface area contributed by atoms with Gasteiger partial charge in [-0.05, 0) is 62.3 Å². The third-order valence-corrected chi connectivity index (χ3v) is 6.06. The van der Waals surface area contributed by atoms with Gasteiger partial charge in [0.05, 0.1) is 11.9 Å². The summed E-state index contributed by atoms with van der Waals surface area (Å²) in [5.74, 6) is 0.457. The molecule has 2 aliphatic carbocycles. The first-order chi connectivity index (χ1) is 11.0. The Bertz CT molecular complexity index is 646. The van der Waals surface area contributed by atoms with Crippen molar-refractivity contribution in [1.82, 2.24) is 0 Å². The lowest BCUT2D eigenvalue weighted by atomic mass is 9.62. The third kappa shape index (κ3) is 2.54. The highest BCUT2D eigenvalue weighted by atomic mass is 79.9. The van der Waals surface area contributed by atoms with E-state index in [4.69, 9.17) is 15.5 Å². The summed E-state index contributed by atoms with van der Waals surface area (Å²) < 4.78 is 6.48. The van der Waals surface area contributed by atoms with E-state index < -0.39 is 5.54 Å². The first-order valence-corrected chi connectivity index (χ1v) is 8.85. The van der Waals surface area contributed by atoms with Crippen molar-refractivity contribution in [2.24, 2.45) is 16.1 Å². The van der Waals surface area contributed by atoms with Crippen molar-refractivity contribution in [1.29, 1.82) is 0 Å². The fraction of sp³-hybridized carbons (Fsp3) is 0.556. The smallest absolute Gasteiger partial charge is 0.152 e. The highest BCUT2D eigenvalue weighted by Crippen LogP contribution is 2.59. The van der Waals surface area contributed by atoms with Crippen LogP contribution in [0.15, 0.2) is 27.7 Å². The molecule has 0 amide bonds. The Hall–Kier alpha value is -1.20. The van der Waals surface area contributed by atoms with Gasteiger partial charge in [0.1, 0.15) is 5.54 Å². The van der Waals surface area contributed by atoms with E-state index >= 15 is 0 Å². The summed E-state index contributed by atoms with van der Waals surface area (Å²) in [5, 5.41) is 0. The quantitative estimate of drug-likeness (QED) is 0.498. The largest absolute Gasteiger partial charge is 0.388 e. The topological polar surface area (TPSA) is 64.7 Å². The number of ether oxygens (including phenoxy) is 1. The Kier molecular flexibility index (Phi) is 4.36. The molecule has 0 aromatic heterocycles. The third-order valence-electron chi connectivity index (χ3n) is 5.57. The number of hydrogen-bond donors (Lipinski definition) is 1. The number of amidine groups is 1. The van der Waals surface area contributed by atoms with Gasteiger partial charge in [-0.15, -0.1) is 0 Å². The Morgan fingerprint density at radius 1 is 1.43 bits per heavy atom. The zero-order chi connectivity index (χ0) is 16.7. The minimum absolute atomic E-state index is 0.187. The lowest BCUT2D eigenvalue weighted by Crippen LogP contribution is -2.47. The number of benzene rings is 1. The molecule has 1 saturated carbocycles. The summed E-state index contributed by atoms with van der Waals surface area (Å²) in [6, 6.07) is 6.18. The minimum atomic E-state index is -0.871. The molecule has 0 radical (unpaired) electrons. The van der Waals surface area contributed by atoms with E-state index in [1.807, 2.05) is 12.1 Å². The molecule has 2 aliphatic rings. The molecule has 0 bridgehead atoms. The van der Waals surface area contributed by atoms with Crippen LogP contribution in [0.3, 0.4) is 0 Å². The van der Waals surface area contributed by atoms with E-state index in [9.17, 15) is 4.79 Å². The highest BCUT2D eigenvalue weighted by Gasteiger charge is 2.59. The fourth-order valence-corrected chi connectivity index (χ4v) is 4.81. The maximum absolute atomic E-state index is 12.4. The normalized spacial score (nSPS) is 33.7. The highest BCUT2D eigenvalue weighted by molar-refractivity contribution is 9.10. The number of nitrogens with two attached hydrogens (primary N) is 1. The van der Waals surface area contributed by atoms with Gasteiger partial charge in [-0.2, -0.15) is 0 Å². The lowest BCUT2D eigenvalue weighted by molar-refractivity contribution is -0.118. The molecule has 1 spiro atoms. The van der Waals surface area contributed by atoms with Gasteiger partial charge in [-0.25, -0.2) is 0 Å². The molecule has 1 fully saturated rings. The van der Waals surface area contributed by atoms with Crippen molar-refractivity contribution in [2.45, 2.75) is 50.7 Å². The van der Waals surface area contributed by atoms with Crippen molar-refractivity contribution in [2.75, 3.05) is 7.11 Å². The molecule has 124 valence electrons. The number of carbonyl (C=O) groups excluding carboxylic acids is 1. The van der Waals surface area contributed by atoms with Gasteiger partial charge in [-0.1, -0.05) is 22.0 Å². The molecule has 23 heavy (non-hydrogen) atoms. The number of halogens is 1. The predicted molar refractivity (Wildman–Crippen MR) is 94.6 cm³/mol. The van der Waals surface area contributed by atoms with Crippen LogP contribution < -0.4 is 5.73 Å². The molecule has 0 saturated heterocycles. The van der Waals surface area contributed by atoms with Crippen molar-refractivity contribution >= 4 is 28.1 Å². The van der Waals surface area contributed by atoms with Crippen LogP contribution in [0.2, 0.25) is 0 Å². The Morgan fingerprint density at radius 3 is 2.70 bits per heavy atom. The average Bonchev–Trinajstić information content (AvgIpc) is 2.78. The summed E-state index contributed by atoms with van der Waals surface area (Å²) in [5.41, 5.74) is 7.08. The van der Waals surface area contributed by atoms with Crippen LogP contribution in [-0.2, 0) is 21.5 Å². The molecule has 4 nitrogen and oxygen atoms in total. The van der Waals surface area contributed by atoms with E-state index in [1.165, 1.54) is 5.56 Å². The van der Waals surface area contributed by atoms with Crippen LogP contribution in [-0.4, -0.2) is 25.3 Å². The second kappa shape index (κ2) is 6.02. The number of methoxy groups -OCH3 is 1. The molecular weight excluding hydrogens is 356 g/mol. The molecular formula is C18H23BrN2O2. The summed E-state index contributed by atoms with van der Waals surface area (Å²) >= 11 is 3.53. The van der Waals surface area contributed by atoms with Gasteiger partial charge in [0.25, 0.3) is 0 Å². The SMILES string of the molecule is COC1CCC2(CC1)Cc1ccc(Br)cc1C2(C=O)N=C(C)N. The second-order valence-electron chi connectivity index (χ2n) is 6.83. The molecule has 0 heterocycles.